The van der Waals surface area contributed by atoms with Crippen molar-refractivity contribution in [1.29, 1.82) is 0 Å². The van der Waals surface area contributed by atoms with Gasteiger partial charge in [-0.05, 0) is 42.9 Å². The van der Waals surface area contributed by atoms with Gasteiger partial charge >= 0.3 is 0 Å². The Morgan fingerprint density at radius 3 is 3.28 bits per heavy atom. The Bertz CT molecular complexity index is 610. The first-order chi connectivity index (χ1) is 8.89. The quantitative estimate of drug-likeness (QED) is 0.669. The molecule has 3 aliphatic carbocycles. The molecule has 1 heteroatoms. The minimum absolute atomic E-state index is 0.210. The van der Waals surface area contributed by atoms with E-state index in [2.05, 4.69) is 36.4 Å². The minimum atomic E-state index is 0.210. The van der Waals surface area contributed by atoms with Crippen molar-refractivity contribution in [1.82, 2.24) is 0 Å². The minimum Gasteiger partial charge on any atom is -0.485 e. The smallest absolute Gasteiger partial charge is 0.131 e. The maximum atomic E-state index is 6.25. The zero-order chi connectivity index (χ0) is 11.7. The van der Waals surface area contributed by atoms with Crippen molar-refractivity contribution in [3.63, 3.8) is 0 Å². The molecule has 0 N–H and O–H groups in total. The molecule has 4 aliphatic rings. The second-order valence-corrected chi connectivity index (χ2v) is 6.10. The zero-order valence-corrected chi connectivity index (χ0v) is 10.4. The van der Waals surface area contributed by atoms with E-state index < -0.39 is 0 Å². The lowest BCUT2D eigenvalue weighted by Crippen LogP contribution is -2.48. The summed E-state index contributed by atoms with van der Waals surface area (Å²) in [6.45, 7) is 0. The monoisotopic (exact) mass is 236 g/mol. The third-order valence-electron chi connectivity index (χ3n) is 5.40. The van der Waals surface area contributed by atoms with E-state index in [1.54, 1.807) is 11.1 Å². The van der Waals surface area contributed by atoms with Crippen LogP contribution in [0.4, 0.5) is 0 Å². The van der Waals surface area contributed by atoms with Gasteiger partial charge in [0.25, 0.3) is 0 Å². The lowest BCUT2D eigenvalue weighted by Gasteiger charge is -2.48. The average molecular weight is 236 g/mol. The summed E-state index contributed by atoms with van der Waals surface area (Å²) >= 11 is 0. The Hall–Kier alpha value is -1.50. The molecular formula is C17H16O. The Kier molecular flexibility index (Phi) is 1.52. The molecule has 0 amide bonds. The molecule has 2 unspecified atom stereocenters. The summed E-state index contributed by atoms with van der Waals surface area (Å²) in [6.07, 6.45) is 12.3. The van der Waals surface area contributed by atoms with Crippen molar-refractivity contribution in [2.45, 2.75) is 37.2 Å². The summed E-state index contributed by atoms with van der Waals surface area (Å²) in [7, 11) is 0. The highest BCUT2D eigenvalue weighted by Crippen LogP contribution is 2.61. The maximum absolute atomic E-state index is 6.25. The molecule has 90 valence electrons. The van der Waals surface area contributed by atoms with Gasteiger partial charge in [-0.25, -0.2) is 0 Å². The summed E-state index contributed by atoms with van der Waals surface area (Å²) in [5, 5.41) is 0. The first-order valence-electron chi connectivity index (χ1n) is 7.07. The molecule has 1 aromatic rings. The number of allylic oxidation sites excluding steroid dienone is 2. The molecule has 0 saturated heterocycles. The number of hydrogen-bond donors (Lipinski definition) is 0. The van der Waals surface area contributed by atoms with Crippen LogP contribution in [0, 0.1) is 5.92 Å². The van der Waals surface area contributed by atoms with Gasteiger partial charge in [0.15, 0.2) is 0 Å². The van der Waals surface area contributed by atoms with Crippen molar-refractivity contribution in [3.05, 3.63) is 53.1 Å². The van der Waals surface area contributed by atoms with Crippen LogP contribution in [0.1, 0.15) is 30.4 Å². The Balaban J connectivity index is 1.91. The van der Waals surface area contributed by atoms with E-state index in [-0.39, 0.29) is 11.5 Å². The molecule has 1 aliphatic heterocycles. The standard InChI is InChI=1S/C17H16O/c1-4-12-10-11-5-3-9-17-13(11)6-2-8-15(17)18-14(7-1)16(12)17/h1-2,4,6-8,11,15H,3,5,9-10H2/t11-,15?,17?/m1/s1. The third-order valence-corrected chi connectivity index (χ3v) is 5.40. The van der Waals surface area contributed by atoms with Crippen LogP contribution in [0.25, 0.3) is 0 Å². The van der Waals surface area contributed by atoms with E-state index in [0.29, 0.717) is 0 Å². The van der Waals surface area contributed by atoms with Gasteiger partial charge in [-0.1, -0.05) is 36.3 Å². The van der Waals surface area contributed by atoms with Gasteiger partial charge in [-0.2, -0.15) is 0 Å². The molecule has 0 radical (unpaired) electrons. The summed E-state index contributed by atoms with van der Waals surface area (Å²) in [6, 6.07) is 6.64. The molecule has 1 heterocycles. The number of hydrogen-bond acceptors (Lipinski definition) is 1. The second kappa shape index (κ2) is 2.90. The number of benzene rings is 1. The lowest BCUT2D eigenvalue weighted by molar-refractivity contribution is 0.167. The fourth-order valence-corrected chi connectivity index (χ4v) is 4.82. The molecule has 1 aromatic carbocycles. The maximum Gasteiger partial charge on any atom is 0.131 e. The first kappa shape index (κ1) is 9.43. The Labute approximate surface area is 107 Å². The third kappa shape index (κ3) is 0.858. The molecule has 0 aromatic heterocycles. The van der Waals surface area contributed by atoms with Crippen LogP contribution in [0.3, 0.4) is 0 Å². The fraction of sp³-hybridized carbons (Fsp3) is 0.412. The van der Waals surface area contributed by atoms with E-state index in [4.69, 9.17) is 4.74 Å². The lowest BCUT2D eigenvalue weighted by atomic mass is 9.54. The van der Waals surface area contributed by atoms with Crippen LogP contribution in [-0.2, 0) is 11.8 Å². The molecule has 2 bridgehead atoms. The topological polar surface area (TPSA) is 9.23 Å². The van der Waals surface area contributed by atoms with Crippen molar-refractivity contribution in [2.24, 2.45) is 5.92 Å². The van der Waals surface area contributed by atoms with E-state index in [1.807, 2.05) is 0 Å². The van der Waals surface area contributed by atoms with E-state index in [9.17, 15) is 0 Å². The average Bonchev–Trinajstić information content (AvgIpc) is 2.70. The SMILES string of the molecule is C1=CC2Oc3cccc4c3C23CCC[C@H](C4)C3=C1. The van der Waals surface area contributed by atoms with E-state index in [0.717, 1.165) is 11.7 Å². The summed E-state index contributed by atoms with van der Waals surface area (Å²) in [4.78, 5) is 0. The molecule has 3 atom stereocenters. The predicted molar refractivity (Wildman–Crippen MR) is 70.8 cm³/mol. The normalized spacial score (nSPS) is 37.9. The van der Waals surface area contributed by atoms with Gasteiger partial charge in [0.05, 0.1) is 5.41 Å². The largest absolute Gasteiger partial charge is 0.485 e. The summed E-state index contributed by atoms with van der Waals surface area (Å²) < 4.78 is 6.25. The van der Waals surface area contributed by atoms with Crippen LogP contribution in [0.2, 0.25) is 0 Å². The number of rotatable bonds is 0. The van der Waals surface area contributed by atoms with E-state index in [1.165, 1.54) is 31.2 Å². The van der Waals surface area contributed by atoms with Gasteiger partial charge in [0, 0.05) is 5.56 Å². The molecule has 1 saturated carbocycles. The highest BCUT2D eigenvalue weighted by molar-refractivity contribution is 5.62. The van der Waals surface area contributed by atoms with Gasteiger partial charge in [-0.3, -0.25) is 0 Å². The number of ether oxygens (including phenoxy) is 1. The summed E-state index contributed by atoms with van der Waals surface area (Å²) in [5.41, 5.74) is 4.95. The molecule has 1 fully saturated rings. The first-order valence-corrected chi connectivity index (χ1v) is 7.07. The highest BCUT2D eigenvalue weighted by atomic mass is 16.5. The van der Waals surface area contributed by atoms with E-state index >= 15 is 0 Å². The molecule has 5 rings (SSSR count). The van der Waals surface area contributed by atoms with Gasteiger partial charge in [0.2, 0.25) is 0 Å². The molecule has 1 spiro atoms. The molecular weight excluding hydrogens is 220 g/mol. The molecule has 18 heavy (non-hydrogen) atoms. The van der Waals surface area contributed by atoms with Crippen molar-refractivity contribution >= 4 is 0 Å². The zero-order valence-electron chi connectivity index (χ0n) is 10.4. The van der Waals surface area contributed by atoms with Crippen molar-refractivity contribution in [3.8, 4) is 5.75 Å². The predicted octanol–water partition coefficient (Wildman–Crippen LogP) is 3.54. The van der Waals surface area contributed by atoms with Crippen LogP contribution >= 0.6 is 0 Å². The Morgan fingerprint density at radius 2 is 2.28 bits per heavy atom. The van der Waals surface area contributed by atoms with Crippen LogP contribution in [-0.4, -0.2) is 6.10 Å². The van der Waals surface area contributed by atoms with Gasteiger partial charge in [-0.15, -0.1) is 0 Å². The fourth-order valence-electron chi connectivity index (χ4n) is 4.82. The summed E-state index contributed by atoms with van der Waals surface area (Å²) in [5.74, 6) is 1.91. The van der Waals surface area contributed by atoms with Crippen molar-refractivity contribution < 1.29 is 4.74 Å². The second-order valence-electron chi connectivity index (χ2n) is 6.10. The van der Waals surface area contributed by atoms with Crippen LogP contribution < -0.4 is 4.74 Å². The molecule has 1 nitrogen and oxygen atoms in total. The van der Waals surface area contributed by atoms with Gasteiger partial charge < -0.3 is 4.74 Å². The Morgan fingerprint density at radius 1 is 1.28 bits per heavy atom. The van der Waals surface area contributed by atoms with Crippen LogP contribution in [0.5, 0.6) is 5.75 Å². The van der Waals surface area contributed by atoms with Gasteiger partial charge in [0.1, 0.15) is 11.9 Å². The highest BCUT2D eigenvalue weighted by Gasteiger charge is 2.57. The van der Waals surface area contributed by atoms with Crippen LogP contribution in [0.15, 0.2) is 42.0 Å². The van der Waals surface area contributed by atoms with Crippen molar-refractivity contribution in [2.75, 3.05) is 0 Å².